The molecule has 0 bridgehead atoms. The number of hydrogen-bond donors (Lipinski definition) is 3. The molecule has 1 spiro atoms. The molecule has 1 aliphatic heterocycles. The van der Waals surface area contributed by atoms with Crippen molar-refractivity contribution in [1.82, 2.24) is 10.3 Å². The summed E-state index contributed by atoms with van der Waals surface area (Å²) in [5, 5.41) is 14.5. The van der Waals surface area contributed by atoms with E-state index in [1.54, 1.807) is 14.2 Å². The Hall–Kier alpha value is -2.35. The average Bonchev–Trinajstić information content (AvgIpc) is 2.80. The quantitative estimate of drug-likeness (QED) is 0.497. The standard InChI is InChI=1S/C28H41N3O4/c1-27(2,3)14-19-11-20-22(15-28(9-6-10-28)35-26(20)31-16-19)30-17-23(32)21(29)12-18-7-8-24(33-4)25(13-18)34-5/h7-8,11,13,16,21-23,30,32H,6,9-10,12,14-15,17,29H2,1-5H3/t21-,22-,23+/m0/s1. The molecule has 2 heterocycles. The summed E-state index contributed by atoms with van der Waals surface area (Å²) in [6.45, 7) is 7.10. The van der Waals surface area contributed by atoms with E-state index in [0.29, 0.717) is 24.5 Å². The number of aromatic nitrogens is 1. The second-order valence-corrected chi connectivity index (χ2v) is 11.4. The molecule has 0 unspecified atom stereocenters. The highest BCUT2D eigenvalue weighted by Gasteiger charge is 2.46. The van der Waals surface area contributed by atoms with Crippen LogP contribution in [0.5, 0.6) is 17.4 Å². The lowest BCUT2D eigenvalue weighted by molar-refractivity contribution is -0.0420. The van der Waals surface area contributed by atoms with Gasteiger partial charge in [-0.05, 0) is 66.8 Å². The Balaban J connectivity index is 1.44. The van der Waals surface area contributed by atoms with Crippen LogP contribution in [0.1, 0.15) is 69.2 Å². The first-order chi connectivity index (χ1) is 16.6. The first-order valence-corrected chi connectivity index (χ1v) is 12.7. The summed E-state index contributed by atoms with van der Waals surface area (Å²) >= 11 is 0. The zero-order valence-corrected chi connectivity index (χ0v) is 21.8. The van der Waals surface area contributed by atoms with Gasteiger partial charge in [-0.1, -0.05) is 26.8 Å². The van der Waals surface area contributed by atoms with Crippen molar-refractivity contribution in [3.05, 3.63) is 47.2 Å². The summed E-state index contributed by atoms with van der Waals surface area (Å²) in [6, 6.07) is 7.63. The molecule has 0 radical (unpaired) electrons. The van der Waals surface area contributed by atoms with Crippen LogP contribution in [0.2, 0.25) is 0 Å². The van der Waals surface area contributed by atoms with Crippen molar-refractivity contribution in [3.63, 3.8) is 0 Å². The first-order valence-electron chi connectivity index (χ1n) is 12.7. The molecule has 2 aliphatic rings. The topological polar surface area (TPSA) is 98.9 Å². The van der Waals surface area contributed by atoms with Gasteiger partial charge in [0.25, 0.3) is 0 Å². The molecule has 1 aromatic heterocycles. The summed E-state index contributed by atoms with van der Waals surface area (Å²) in [4.78, 5) is 4.71. The molecule has 35 heavy (non-hydrogen) atoms. The van der Waals surface area contributed by atoms with Gasteiger partial charge in [-0.15, -0.1) is 0 Å². The summed E-state index contributed by atoms with van der Waals surface area (Å²) in [5.74, 6) is 2.07. The molecule has 1 fully saturated rings. The van der Waals surface area contributed by atoms with Crippen LogP contribution in [0.15, 0.2) is 30.5 Å². The molecule has 192 valence electrons. The number of methoxy groups -OCH3 is 2. The van der Waals surface area contributed by atoms with Crippen molar-refractivity contribution in [1.29, 1.82) is 0 Å². The van der Waals surface area contributed by atoms with Crippen LogP contribution < -0.4 is 25.3 Å². The van der Waals surface area contributed by atoms with E-state index in [1.165, 1.54) is 12.0 Å². The van der Waals surface area contributed by atoms with Gasteiger partial charge in [0.2, 0.25) is 5.88 Å². The van der Waals surface area contributed by atoms with Crippen LogP contribution in [0.4, 0.5) is 0 Å². The van der Waals surface area contributed by atoms with E-state index in [-0.39, 0.29) is 17.1 Å². The third kappa shape index (κ3) is 6.08. The van der Waals surface area contributed by atoms with Gasteiger partial charge < -0.3 is 30.4 Å². The minimum absolute atomic E-state index is 0.0781. The number of ether oxygens (including phenoxy) is 3. The lowest BCUT2D eigenvalue weighted by atomic mass is 9.73. The molecule has 3 atom stereocenters. The molecule has 7 nitrogen and oxygen atoms in total. The number of rotatable bonds is 9. The van der Waals surface area contributed by atoms with Crippen LogP contribution in [0.3, 0.4) is 0 Å². The number of fused-ring (bicyclic) bond motifs is 1. The van der Waals surface area contributed by atoms with Gasteiger partial charge in [-0.25, -0.2) is 4.98 Å². The molecular formula is C28H41N3O4. The fraction of sp³-hybridized carbons (Fsp3) is 0.607. The first kappa shape index (κ1) is 25.7. The fourth-order valence-electron chi connectivity index (χ4n) is 5.18. The predicted molar refractivity (Wildman–Crippen MR) is 137 cm³/mol. The van der Waals surface area contributed by atoms with Crippen molar-refractivity contribution >= 4 is 0 Å². The van der Waals surface area contributed by atoms with E-state index < -0.39 is 12.1 Å². The fourth-order valence-corrected chi connectivity index (χ4v) is 5.18. The number of benzene rings is 1. The van der Waals surface area contributed by atoms with Crippen molar-refractivity contribution in [2.75, 3.05) is 20.8 Å². The number of nitrogens with zero attached hydrogens (tertiary/aromatic N) is 1. The van der Waals surface area contributed by atoms with Gasteiger partial charge in [0.1, 0.15) is 5.60 Å². The average molecular weight is 484 g/mol. The van der Waals surface area contributed by atoms with Gasteiger partial charge in [0, 0.05) is 36.8 Å². The predicted octanol–water partition coefficient (Wildman–Crippen LogP) is 3.95. The molecule has 1 aromatic carbocycles. The third-order valence-corrected chi connectivity index (χ3v) is 7.19. The van der Waals surface area contributed by atoms with E-state index in [1.807, 2.05) is 24.4 Å². The lowest BCUT2D eigenvalue weighted by Crippen LogP contribution is -2.51. The minimum atomic E-state index is -0.697. The summed E-state index contributed by atoms with van der Waals surface area (Å²) < 4.78 is 17.1. The largest absolute Gasteiger partial charge is 0.493 e. The monoisotopic (exact) mass is 483 g/mol. The zero-order valence-electron chi connectivity index (χ0n) is 21.8. The molecule has 4 N–H and O–H groups in total. The Morgan fingerprint density at radius 3 is 2.54 bits per heavy atom. The highest BCUT2D eigenvalue weighted by atomic mass is 16.5. The van der Waals surface area contributed by atoms with Crippen molar-refractivity contribution in [2.24, 2.45) is 11.1 Å². The summed E-state index contributed by atoms with van der Waals surface area (Å²) in [5.41, 5.74) is 9.75. The van der Waals surface area contributed by atoms with Crippen molar-refractivity contribution in [2.45, 2.75) is 83.1 Å². The molecule has 7 heteroatoms. The minimum Gasteiger partial charge on any atom is -0.493 e. The number of aliphatic hydroxyl groups excluding tert-OH is 1. The maximum absolute atomic E-state index is 10.9. The smallest absolute Gasteiger partial charge is 0.218 e. The number of aliphatic hydroxyl groups is 1. The maximum atomic E-state index is 10.9. The molecule has 0 amide bonds. The van der Waals surface area contributed by atoms with E-state index in [2.05, 4.69) is 32.2 Å². The molecule has 4 rings (SSSR count). The van der Waals surface area contributed by atoms with E-state index in [4.69, 9.17) is 24.9 Å². The number of nitrogens with one attached hydrogen (secondary N) is 1. The zero-order chi connectivity index (χ0) is 25.2. The Bertz CT molecular complexity index is 1020. The second kappa shape index (κ2) is 10.3. The molecular weight excluding hydrogens is 442 g/mol. The Morgan fingerprint density at radius 2 is 1.91 bits per heavy atom. The van der Waals surface area contributed by atoms with Gasteiger partial charge in [-0.3, -0.25) is 0 Å². The Morgan fingerprint density at radius 1 is 1.17 bits per heavy atom. The third-order valence-electron chi connectivity index (χ3n) is 7.19. The number of hydrogen-bond acceptors (Lipinski definition) is 7. The van der Waals surface area contributed by atoms with Gasteiger partial charge in [0.05, 0.1) is 20.3 Å². The van der Waals surface area contributed by atoms with Crippen molar-refractivity contribution < 1.29 is 19.3 Å². The van der Waals surface area contributed by atoms with Gasteiger partial charge in [-0.2, -0.15) is 0 Å². The van der Waals surface area contributed by atoms with E-state index >= 15 is 0 Å². The van der Waals surface area contributed by atoms with E-state index in [0.717, 1.165) is 42.7 Å². The number of nitrogens with two attached hydrogens (primary N) is 1. The maximum Gasteiger partial charge on any atom is 0.218 e. The van der Waals surface area contributed by atoms with Crippen LogP contribution in [0, 0.1) is 5.41 Å². The SMILES string of the molecule is COc1ccc(C[C@H](N)[C@H](O)CN[C@H]2CC3(CCC3)Oc3ncc(CC(C)(C)C)cc32)cc1OC. The van der Waals surface area contributed by atoms with Crippen LogP contribution in [0.25, 0.3) is 0 Å². The summed E-state index contributed by atoms with van der Waals surface area (Å²) in [7, 11) is 3.23. The number of pyridine rings is 1. The normalized spacial score (nSPS) is 20.4. The highest BCUT2D eigenvalue weighted by molar-refractivity contribution is 5.43. The van der Waals surface area contributed by atoms with Crippen LogP contribution >= 0.6 is 0 Å². The van der Waals surface area contributed by atoms with Gasteiger partial charge in [0.15, 0.2) is 11.5 Å². The summed E-state index contributed by atoms with van der Waals surface area (Å²) in [6.07, 6.45) is 6.92. The van der Waals surface area contributed by atoms with Gasteiger partial charge >= 0.3 is 0 Å². The Labute approximate surface area is 209 Å². The highest BCUT2D eigenvalue weighted by Crippen LogP contribution is 2.48. The van der Waals surface area contributed by atoms with Crippen LogP contribution in [-0.2, 0) is 12.8 Å². The molecule has 1 saturated carbocycles. The molecule has 1 aliphatic carbocycles. The van der Waals surface area contributed by atoms with Crippen LogP contribution in [-0.4, -0.2) is 48.6 Å². The second-order valence-electron chi connectivity index (χ2n) is 11.4. The lowest BCUT2D eigenvalue weighted by Gasteiger charge is -2.47. The Kier molecular flexibility index (Phi) is 7.60. The van der Waals surface area contributed by atoms with Crippen molar-refractivity contribution in [3.8, 4) is 17.4 Å². The molecule has 2 aromatic rings. The van der Waals surface area contributed by atoms with E-state index in [9.17, 15) is 5.11 Å². The molecule has 0 saturated heterocycles.